The van der Waals surface area contributed by atoms with Gasteiger partial charge in [-0.25, -0.2) is 0 Å². The van der Waals surface area contributed by atoms with Crippen LogP contribution < -0.4 is 0 Å². The van der Waals surface area contributed by atoms with E-state index < -0.39 is 0 Å². The molecular formula is C7H12O. The van der Waals surface area contributed by atoms with E-state index in [1.165, 1.54) is 5.57 Å². The van der Waals surface area contributed by atoms with E-state index in [0.717, 1.165) is 6.42 Å². The van der Waals surface area contributed by atoms with Crippen molar-refractivity contribution in [3.8, 4) is 0 Å². The van der Waals surface area contributed by atoms with Gasteiger partial charge < -0.3 is 5.11 Å². The van der Waals surface area contributed by atoms with Crippen molar-refractivity contribution >= 4 is 0 Å². The summed E-state index contributed by atoms with van der Waals surface area (Å²) in [5, 5.41) is 8.28. The maximum absolute atomic E-state index is 8.28. The largest absolute Gasteiger partial charge is 0.392 e. The predicted octanol–water partition coefficient (Wildman–Crippen LogP) is 1.49. The average molecular weight is 112 g/mol. The predicted molar refractivity (Wildman–Crippen MR) is 34.6 cm³/mol. The lowest BCUT2D eigenvalue weighted by atomic mass is 10.2. The fraction of sp³-hybridized carbons (Fsp3) is 0.571. The molecule has 46 valence electrons. The Bertz CT molecular complexity index is 108. The third-order valence-electron chi connectivity index (χ3n) is 0.970. The van der Waals surface area contributed by atoms with Gasteiger partial charge in [0.25, 0.3) is 0 Å². The minimum absolute atomic E-state index is 0.0946. The first-order valence-corrected chi connectivity index (χ1v) is 2.82. The first-order chi connectivity index (χ1) is 3.81. The van der Waals surface area contributed by atoms with Gasteiger partial charge in [0.05, 0.1) is 6.61 Å². The maximum atomic E-state index is 8.28. The monoisotopic (exact) mass is 112 g/mol. The van der Waals surface area contributed by atoms with Crippen molar-refractivity contribution in [3.05, 3.63) is 17.4 Å². The summed E-state index contributed by atoms with van der Waals surface area (Å²) in [5.74, 6) is 0. The van der Waals surface area contributed by atoms with Gasteiger partial charge in [-0.2, -0.15) is 0 Å². The van der Waals surface area contributed by atoms with Gasteiger partial charge >= 0.3 is 0 Å². The molecular weight excluding hydrogens is 100 g/mol. The molecule has 1 N–H and O–H groups in total. The Morgan fingerprint density at radius 2 is 2.38 bits per heavy atom. The molecule has 0 saturated carbocycles. The normalized spacial score (nSPS) is 7.88. The topological polar surface area (TPSA) is 20.2 Å². The number of aliphatic hydroxyl groups is 1. The van der Waals surface area contributed by atoms with Crippen LogP contribution in [0.1, 0.15) is 20.3 Å². The Balaban J connectivity index is 3.72. The van der Waals surface area contributed by atoms with Crippen molar-refractivity contribution in [1.29, 1.82) is 0 Å². The summed E-state index contributed by atoms with van der Waals surface area (Å²) in [5.41, 5.74) is 4.10. The quantitative estimate of drug-likeness (QED) is 0.536. The molecule has 0 spiro atoms. The molecule has 0 heterocycles. The summed E-state index contributed by atoms with van der Waals surface area (Å²) in [4.78, 5) is 0. The summed E-state index contributed by atoms with van der Waals surface area (Å²) >= 11 is 0. The second-order valence-electron chi connectivity index (χ2n) is 1.66. The standard InChI is InChI=1S/C7H12O/c1-3-7(2)5-4-6-8/h4,8H,3,6H2,1-2H3. The van der Waals surface area contributed by atoms with Gasteiger partial charge in [-0.1, -0.05) is 6.92 Å². The van der Waals surface area contributed by atoms with E-state index in [4.69, 9.17) is 5.11 Å². The van der Waals surface area contributed by atoms with Crippen molar-refractivity contribution in [2.75, 3.05) is 6.61 Å². The zero-order chi connectivity index (χ0) is 6.41. The molecule has 0 aliphatic carbocycles. The molecule has 0 aromatic rings. The highest BCUT2D eigenvalue weighted by Crippen LogP contribution is 1.92. The Morgan fingerprint density at radius 1 is 1.75 bits per heavy atom. The third-order valence-corrected chi connectivity index (χ3v) is 0.970. The summed E-state index contributed by atoms with van der Waals surface area (Å²) < 4.78 is 0. The van der Waals surface area contributed by atoms with E-state index in [9.17, 15) is 0 Å². The van der Waals surface area contributed by atoms with Gasteiger partial charge in [-0.05, 0) is 25.0 Å². The van der Waals surface area contributed by atoms with Crippen LogP contribution in [0.2, 0.25) is 0 Å². The highest BCUT2D eigenvalue weighted by Gasteiger charge is 1.74. The number of hydrogen-bond acceptors (Lipinski definition) is 1. The van der Waals surface area contributed by atoms with Crippen molar-refractivity contribution in [3.63, 3.8) is 0 Å². The van der Waals surface area contributed by atoms with Crippen molar-refractivity contribution in [1.82, 2.24) is 0 Å². The van der Waals surface area contributed by atoms with E-state index in [-0.39, 0.29) is 6.61 Å². The van der Waals surface area contributed by atoms with Crippen LogP contribution in [0.5, 0.6) is 0 Å². The van der Waals surface area contributed by atoms with E-state index in [2.05, 4.69) is 12.7 Å². The molecule has 0 bridgehead atoms. The number of hydrogen-bond donors (Lipinski definition) is 1. The molecule has 0 fully saturated rings. The van der Waals surface area contributed by atoms with E-state index in [1.807, 2.05) is 6.92 Å². The summed E-state index contributed by atoms with van der Waals surface area (Å²) in [6.07, 6.45) is 2.63. The average Bonchev–Trinajstić information content (AvgIpc) is 1.83. The SMILES string of the molecule is CCC(C)=C=CCO. The Labute approximate surface area is 50.3 Å². The number of rotatable bonds is 2. The van der Waals surface area contributed by atoms with Gasteiger partial charge in [-0.15, -0.1) is 5.73 Å². The lowest BCUT2D eigenvalue weighted by Crippen LogP contribution is -1.69. The van der Waals surface area contributed by atoms with Crippen molar-refractivity contribution < 1.29 is 5.11 Å². The summed E-state index contributed by atoms with van der Waals surface area (Å²) in [7, 11) is 0. The minimum atomic E-state index is 0.0946. The molecule has 0 amide bonds. The van der Waals surface area contributed by atoms with Crippen LogP contribution in [-0.2, 0) is 0 Å². The molecule has 0 aromatic carbocycles. The maximum Gasteiger partial charge on any atom is 0.0686 e. The van der Waals surface area contributed by atoms with Crippen LogP contribution in [0.25, 0.3) is 0 Å². The fourth-order valence-corrected chi connectivity index (χ4v) is 0.322. The molecule has 0 atom stereocenters. The minimum Gasteiger partial charge on any atom is -0.392 e. The number of aliphatic hydroxyl groups excluding tert-OH is 1. The molecule has 0 radical (unpaired) electrons. The molecule has 0 unspecified atom stereocenters. The highest BCUT2D eigenvalue weighted by molar-refractivity contribution is 4.96. The molecule has 0 rings (SSSR count). The van der Waals surface area contributed by atoms with Crippen LogP contribution >= 0.6 is 0 Å². The second-order valence-corrected chi connectivity index (χ2v) is 1.66. The van der Waals surface area contributed by atoms with E-state index >= 15 is 0 Å². The lowest BCUT2D eigenvalue weighted by molar-refractivity contribution is 0.343. The van der Waals surface area contributed by atoms with E-state index in [0.29, 0.717) is 0 Å². The van der Waals surface area contributed by atoms with Gasteiger partial charge in [0.1, 0.15) is 0 Å². The van der Waals surface area contributed by atoms with Crippen LogP contribution in [0.15, 0.2) is 17.4 Å². The first kappa shape index (κ1) is 7.48. The smallest absolute Gasteiger partial charge is 0.0686 e. The Morgan fingerprint density at radius 3 is 2.75 bits per heavy atom. The molecule has 0 aliphatic heterocycles. The van der Waals surface area contributed by atoms with Gasteiger partial charge in [0.2, 0.25) is 0 Å². The van der Waals surface area contributed by atoms with Crippen LogP contribution in [-0.4, -0.2) is 11.7 Å². The van der Waals surface area contributed by atoms with Crippen LogP contribution in [0, 0.1) is 0 Å². The lowest BCUT2D eigenvalue weighted by Gasteiger charge is -1.82. The summed E-state index contributed by atoms with van der Waals surface area (Å²) in [6, 6.07) is 0. The first-order valence-electron chi connectivity index (χ1n) is 2.82. The van der Waals surface area contributed by atoms with Gasteiger partial charge in [0.15, 0.2) is 0 Å². The molecule has 1 heteroatoms. The molecule has 0 aliphatic rings. The Kier molecular flexibility index (Phi) is 4.33. The molecule has 1 nitrogen and oxygen atoms in total. The molecule has 0 saturated heterocycles. The summed E-state index contributed by atoms with van der Waals surface area (Å²) in [6.45, 7) is 4.15. The van der Waals surface area contributed by atoms with Crippen molar-refractivity contribution in [2.24, 2.45) is 0 Å². The van der Waals surface area contributed by atoms with Gasteiger partial charge in [0, 0.05) is 0 Å². The fourth-order valence-electron chi connectivity index (χ4n) is 0.322. The molecule has 0 aromatic heterocycles. The van der Waals surface area contributed by atoms with E-state index in [1.54, 1.807) is 6.08 Å². The third kappa shape index (κ3) is 3.66. The second kappa shape index (κ2) is 4.63. The van der Waals surface area contributed by atoms with Gasteiger partial charge in [-0.3, -0.25) is 0 Å². The van der Waals surface area contributed by atoms with Crippen LogP contribution in [0.3, 0.4) is 0 Å². The highest BCUT2D eigenvalue weighted by atomic mass is 16.2. The van der Waals surface area contributed by atoms with Crippen molar-refractivity contribution in [2.45, 2.75) is 20.3 Å². The zero-order valence-electron chi connectivity index (χ0n) is 5.44. The van der Waals surface area contributed by atoms with Crippen LogP contribution in [0.4, 0.5) is 0 Å². The molecule has 8 heavy (non-hydrogen) atoms. The Hall–Kier alpha value is -0.520. The zero-order valence-corrected chi connectivity index (χ0v) is 5.44.